The van der Waals surface area contributed by atoms with Gasteiger partial charge in [-0.25, -0.2) is 9.78 Å². The number of halogens is 3. The highest BCUT2D eigenvalue weighted by atomic mass is 79.9. The van der Waals surface area contributed by atoms with Gasteiger partial charge in [0.05, 0.1) is 12.8 Å². The van der Waals surface area contributed by atoms with Crippen LogP contribution in [0.3, 0.4) is 0 Å². The number of carbonyl (C=O) groups is 1. The second kappa shape index (κ2) is 7.94. The molecule has 174 valence electrons. The van der Waals surface area contributed by atoms with Crippen molar-refractivity contribution in [2.45, 2.75) is 13.2 Å². The molecule has 0 aliphatic carbocycles. The zero-order chi connectivity index (χ0) is 24.2. The molecule has 34 heavy (non-hydrogen) atoms. The second-order valence-corrected chi connectivity index (χ2v) is 8.38. The molecule has 1 aliphatic rings. The van der Waals surface area contributed by atoms with Crippen LogP contribution in [0.2, 0.25) is 0 Å². The van der Waals surface area contributed by atoms with Crippen molar-refractivity contribution in [3.05, 3.63) is 58.5 Å². The zero-order valence-electron chi connectivity index (χ0n) is 18.1. The molecular formula is C23H16BrF2N3O5. The topological polar surface area (TPSA) is 88.6 Å². The van der Waals surface area contributed by atoms with E-state index in [0.717, 1.165) is 4.47 Å². The molecule has 8 nitrogen and oxygen atoms in total. The van der Waals surface area contributed by atoms with E-state index in [1.165, 1.54) is 19.2 Å². The van der Waals surface area contributed by atoms with Gasteiger partial charge in [-0.1, -0.05) is 22.0 Å². The summed E-state index contributed by atoms with van der Waals surface area (Å²) in [5.41, 5.74) is 3.06. The quantitative estimate of drug-likeness (QED) is 0.317. The molecule has 1 aliphatic heterocycles. The fraction of sp³-hybridized carbons (Fsp3) is 0.174. The number of oxazole rings is 1. The summed E-state index contributed by atoms with van der Waals surface area (Å²) in [6, 6.07) is 11.6. The van der Waals surface area contributed by atoms with Gasteiger partial charge in [0.25, 0.3) is 0 Å². The zero-order valence-corrected chi connectivity index (χ0v) is 19.6. The molecule has 0 fully saturated rings. The number of fused-ring (bicyclic) bond motifs is 1. The maximum absolute atomic E-state index is 13.5. The molecule has 5 rings (SSSR count). The summed E-state index contributed by atoms with van der Waals surface area (Å²) in [6.45, 7) is 1.69. The van der Waals surface area contributed by atoms with Gasteiger partial charge in [-0.2, -0.15) is 5.10 Å². The molecular weight excluding hydrogens is 516 g/mol. The third-order valence-corrected chi connectivity index (χ3v) is 5.68. The molecule has 0 saturated heterocycles. The van der Waals surface area contributed by atoms with E-state index in [2.05, 4.69) is 35.5 Å². The number of hydrogen-bond acceptors (Lipinski definition) is 7. The number of ether oxygens (including phenoxy) is 3. The highest BCUT2D eigenvalue weighted by Gasteiger charge is 2.43. The predicted octanol–water partition coefficient (Wildman–Crippen LogP) is 5.59. The lowest BCUT2D eigenvalue weighted by atomic mass is 9.98. The van der Waals surface area contributed by atoms with Gasteiger partial charge in [-0.3, -0.25) is 4.68 Å². The van der Waals surface area contributed by atoms with Gasteiger partial charge in [0.15, 0.2) is 28.8 Å². The maximum Gasteiger partial charge on any atom is 0.586 e. The van der Waals surface area contributed by atoms with Crippen molar-refractivity contribution < 1.29 is 32.2 Å². The molecule has 11 heteroatoms. The van der Waals surface area contributed by atoms with Gasteiger partial charge in [0, 0.05) is 35.1 Å². The lowest BCUT2D eigenvalue weighted by Gasteiger charge is -2.10. The van der Waals surface area contributed by atoms with E-state index in [9.17, 15) is 13.6 Å². The third-order valence-electron chi connectivity index (χ3n) is 5.19. The van der Waals surface area contributed by atoms with Crippen LogP contribution in [0.15, 0.2) is 51.4 Å². The van der Waals surface area contributed by atoms with Crippen molar-refractivity contribution >= 4 is 21.9 Å². The predicted molar refractivity (Wildman–Crippen MR) is 120 cm³/mol. The smallest absolute Gasteiger partial charge is 0.464 e. The van der Waals surface area contributed by atoms with E-state index in [4.69, 9.17) is 9.15 Å². The van der Waals surface area contributed by atoms with Crippen molar-refractivity contribution in [2.24, 2.45) is 7.05 Å². The van der Waals surface area contributed by atoms with Gasteiger partial charge >= 0.3 is 12.3 Å². The highest BCUT2D eigenvalue weighted by molar-refractivity contribution is 9.10. The van der Waals surface area contributed by atoms with E-state index in [1.807, 2.05) is 18.2 Å². The standard InChI is InChI=1S/C23H16BrF2N3O5/c1-11-27-20(12-4-7-18-19(8-12)34-23(25,26)33-18)21(32-11)15-9-13(24)5-6-14(15)17-10-16(22(30)31-3)28-29(17)2/h4-10H,1-3H3. The number of aromatic nitrogens is 3. The first-order chi connectivity index (χ1) is 16.1. The lowest BCUT2D eigenvalue weighted by Crippen LogP contribution is -2.25. The van der Waals surface area contributed by atoms with Crippen LogP contribution in [0.1, 0.15) is 16.4 Å². The van der Waals surface area contributed by atoms with Gasteiger partial charge in [0.2, 0.25) is 0 Å². The minimum absolute atomic E-state index is 0.0658. The number of nitrogens with zero attached hydrogens (tertiary/aromatic N) is 3. The summed E-state index contributed by atoms with van der Waals surface area (Å²) in [5, 5.41) is 4.24. The summed E-state index contributed by atoms with van der Waals surface area (Å²) < 4.78 is 49.2. The maximum atomic E-state index is 13.5. The van der Waals surface area contributed by atoms with E-state index in [0.29, 0.717) is 39.7 Å². The van der Waals surface area contributed by atoms with E-state index < -0.39 is 12.3 Å². The Morgan fingerprint density at radius 2 is 1.85 bits per heavy atom. The van der Waals surface area contributed by atoms with Crippen molar-refractivity contribution in [3.63, 3.8) is 0 Å². The molecule has 0 bridgehead atoms. The van der Waals surface area contributed by atoms with Gasteiger partial charge in [0.1, 0.15) is 5.69 Å². The van der Waals surface area contributed by atoms with Crippen LogP contribution >= 0.6 is 15.9 Å². The van der Waals surface area contributed by atoms with Gasteiger partial charge in [-0.05, 0) is 36.4 Å². The Morgan fingerprint density at radius 1 is 1.09 bits per heavy atom. The highest BCUT2D eigenvalue weighted by Crippen LogP contribution is 2.45. The molecule has 3 heterocycles. The molecule has 4 aromatic rings. The normalized spacial score (nSPS) is 13.8. The number of benzene rings is 2. The van der Waals surface area contributed by atoms with Crippen molar-refractivity contribution in [1.29, 1.82) is 0 Å². The van der Waals surface area contributed by atoms with Crippen LogP contribution in [0.5, 0.6) is 11.5 Å². The Bertz CT molecular complexity index is 1450. The molecule has 2 aromatic heterocycles. The number of alkyl halides is 2. The number of esters is 1. The van der Waals surface area contributed by atoms with Crippen molar-refractivity contribution in [1.82, 2.24) is 14.8 Å². The molecule has 0 amide bonds. The average molecular weight is 532 g/mol. The van der Waals surface area contributed by atoms with Crippen molar-refractivity contribution in [3.8, 4) is 45.3 Å². The first-order valence-electron chi connectivity index (χ1n) is 9.95. The van der Waals surface area contributed by atoms with Crippen LogP contribution in [0, 0.1) is 6.92 Å². The number of methoxy groups -OCH3 is 1. The lowest BCUT2D eigenvalue weighted by molar-refractivity contribution is -0.286. The summed E-state index contributed by atoms with van der Waals surface area (Å²) >= 11 is 3.49. The molecule has 0 N–H and O–H groups in total. The van der Waals surface area contributed by atoms with Crippen molar-refractivity contribution in [2.75, 3.05) is 7.11 Å². The SMILES string of the molecule is COC(=O)c1cc(-c2ccc(Br)cc2-c2oc(C)nc2-c2ccc3c(c2)OC(F)(F)O3)n(C)n1. The Balaban J connectivity index is 1.66. The summed E-state index contributed by atoms with van der Waals surface area (Å²) in [7, 11) is 2.99. The largest absolute Gasteiger partial charge is 0.586 e. The number of carbonyl (C=O) groups excluding carboxylic acids is 1. The van der Waals surface area contributed by atoms with Gasteiger partial charge < -0.3 is 18.6 Å². The van der Waals surface area contributed by atoms with Crippen LogP contribution in [-0.2, 0) is 11.8 Å². The Kier molecular flexibility index (Phi) is 5.16. The molecule has 0 unspecified atom stereocenters. The van der Waals surface area contributed by atoms with E-state index in [1.54, 1.807) is 30.8 Å². The van der Waals surface area contributed by atoms with Crippen LogP contribution in [-0.4, -0.2) is 34.1 Å². The van der Waals surface area contributed by atoms with Crippen LogP contribution in [0.4, 0.5) is 8.78 Å². The van der Waals surface area contributed by atoms with Crippen LogP contribution in [0.25, 0.3) is 33.8 Å². The van der Waals surface area contributed by atoms with Crippen LogP contribution < -0.4 is 9.47 Å². The summed E-state index contributed by atoms with van der Waals surface area (Å²) in [6.07, 6.45) is -3.72. The summed E-state index contributed by atoms with van der Waals surface area (Å²) in [4.78, 5) is 16.5. The second-order valence-electron chi connectivity index (χ2n) is 7.46. The summed E-state index contributed by atoms with van der Waals surface area (Å²) in [5.74, 6) is 0.0510. The Hall–Kier alpha value is -3.73. The average Bonchev–Trinajstić information content (AvgIpc) is 3.45. The molecule has 0 spiro atoms. The Morgan fingerprint density at radius 3 is 2.62 bits per heavy atom. The van der Waals surface area contributed by atoms with E-state index in [-0.39, 0.29) is 17.2 Å². The molecule has 2 aromatic carbocycles. The molecule has 0 radical (unpaired) electrons. The fourth-order valence-electron chi connectivity index (χ4n) is 3.75. The number of rotatable bonds is 4. The molecule has 0 atom stereocenters. The minimum Gasteiger partial charge on any atom is -0.464 e. The monoisotopic (exact) mass is 531 g/mol. The minimum atomic E-state index is -3.72. The first kappa shape index (κ1) is 22.1. The first-order valence-corrected chi connectivity index (χ1v) is 10.7. The van der Waals surface area contributed by atoms with Gasteiger partial charge in [-0.15, -0.1) is 8.78 Å². The third kappa shape index (κ3) is 3.81. The number of aryl methyl sites for hydroxylation is 2. The molecule has 0 saturated carbocycles. The Labute approximate surface area is 200 Å². The van der Waals surface area contributed by atoms with E-state index >= 15 is 0 Å². The number of hydrogen-bond donors (Lipinski definition) is 0. The fourth-order valence-corrected chi connectivity index (χ4v) is 4.11.